The molecular weight excluding hydrogens is 640 g/mol. The van der Waals surface area contributed by atoms with Gasteiger partial charge in [0.25, 0.3) is 15.9 Å². The number of H-pyrrole nitrogens is 1. The Balaban J connectivity index is 1.43. The smallest absolute Gasteiger partial charge is 0.421 e. The van der Waals surface area contributed by atoms with Gasteiger partial charge in [-0.2, -0.15) is 4.31 Å². The van der Waals surface area contributed by atoms with Crippen LogP contribution in [0.15, 0.2) is 29.3 Å². The van der Waals surface area contributed by atoms with Crippen LogP contribution in [0.25, 0.3) is 10.9 Å². The summed E-state index contributed by atoms with van der Waals surface area (Å²) < 4.78 is 61.7. The molecule has 13 nitrogen and oxygen atoms in total. The molecule has 2 aliphatic rings. The number of hydrogen-bond donors (Lipinski definition) is 3. The monoisotopic (exact) mass is 672 g/mol. The van der Waals surface area contributed by atoms with Crippen molar-refractivity contribution in [3.05, 3.63) is 44.9 Å². The van der Waals surface area contributed by atoms with Crippen molar-refractivity contribution in [2.24, 2.45) is 0 Å². The lowest BCUT2D eigenvalue weighted by molar-refractivity contribution is 0.0569. The molecule has 2 aromatic heterocycles. The van der Waals surface area contributed by atoms with E-state index in [4.69, 9.17) is 16.3 Å². The molecule has 1 fully saturated rings. The molecule has 1 aromatic carbocycles. The van der Waals surface area contributed by atoms with E-state index in [1.165, 1.54) is 22.3 Å². The number of ether oxygens (including phenoxy) is 1. The highest BCUT2D eigenvalue weighted by Crippen LogP contribution is 2.29. The van der Waals surface area contributed by atoms with Crippen molar-refractivity contribution in [3.63, 3.8) is 0 Å². The number of sulfonamides is 2. The summed E-state index contributed by atoms with van der Waals surface area (Å²) >= 11 is 7.30. The average molecular weight is 673 g/mol. The fraction of sp³-hybridized carbons (Fsp3) is 0.500. The summed E-state index contributed by atoms with van der Waals surface area (Å²) in [7, 11) is -8.49. The van der Waals surface area contributed by atoms with E-state index in [1.54, 1.807) is 39.0 Å². The van der Waals surface area contributed by atoms with Gasteiger partial charge in [-0.3, -0.25) is 4.79 Å². The van der Waals surface area contributed by atoms with Gasteiger partial charge in [0, 0.05) is 59.4 Å². The number of carbonyl (C=O) groups excluding carboxylic acids is 2. The lowest BCUT2D eigenvalue weighted by Crippen LogP contribution is -2.59. The van der Waals surface area contributed by atoms with Crippen molar-refractivity contribution in [1.29, 1.82) is 0 Å². The van der Waals surface area contributed by atoms with Crippen molar-refractivity contribution in [1.82, 2.24) is 29.2 Å². The van der Waals surface area contributed by atoms with Crippen LogP contribution in [-0.4, -0.2) is 91.1 Å². The summed E-state index contributed by atoms with van der Waals surface area (Å²) in [6.07, 6.45) is -0.519. The second-order valence-corrected chi connectivity index (χ2v) is 16.8. The van der Waals surface area contributed by atoms with Gasteiger partial charge in [0.1, 0.15) is 10.6 Å². The zero-order valence-corrected chi connectivity index (χ0v) is 27.2. The summed E-state index contributed by atoms with van der Waals surface area (Å²) in [6.45, 7) is 6.86. The van der Waals surface area contributed by atoms with E-state index >= 15 is 0 Å². The molecule has 2 amide bonds. The van der Waals surface area contributed by atoms with Gasteiger partial charge < -0.3 is 19.9 Å². The normalized spacial score (nSPS) is 20.2. The third kappa shape index (κ3) is 7.15. The maximum atomic E-state index is 13.7. The molecule has 0 spiro atoms. The van der Waals surface area contributed by atoms with Crippen LogP contribution >= 0.6 is 22.9 Å². The molecule has 234 valence electrons. The van der Waals surface area contributed by atoms with Gasteiger partial charge in [-0.05, 0) is 52.0 Å². The molecule has 5 rings (SSSR count). The Morgan fingerprint density at radius 1 is 1.19 bits per heavy atom. The van der Waals surface area contributed by atoms with E-state index in [-0.39, 0.29) is 35.7 Å². The molecule has 0 saturated carbocycles. The predicted molar refractivity (Wildman–Crippen MR) is 162 cm³/mol. The summed E-state index contributed by atoms with van der Waals surface area (Å²) in [4.78, 5) is 35.7. The number of benzene rings is 1. The number of nitrogens with zero attached hydrogens (tertiary/aromatic N) is 3. The molecule has 43 heavy (non-hydrogen) atoms. The summed E-state index contributed by atoms with van der Waals surface area (Å²) in [5.74, 6) is -1.24. The molecule has 2 aliphatic heterocycles. The molecule has 0 bridgehead atoms. The summed E-state index contributed by atoms with van der Waals surface area (Å²) in [5.41, 5.74) is 0.432. The molecule has 3 aromatic rings. The maximum Gasteiger partial charge on any atom is 0.421 e. The van der Waals surface area contributed by atoms with Crippen LogP contribution in [0, 0.1) is 0 Å². The van der Waals surface area contributed by atoms with Crippen molar-refractivity contribution >= 4 is 65.9 Å². The minimum absolute atomic E-state index is 0.0794. The summed E-state index contributed by atoms with van der Waals surface area (Å²) in [6, 6.07) is 5.45. The highest BCUT2D eigenvalue weighted by molar-refractivity contribution is 7.90. The van der Waals surface area contributed by atoms with Crippen LogP contribution in [0.4, 0.5) is 4.79 Å². The zero-order valence-electron chi connectivity index (χ0n) is 24.0. The number of amides is 2. The summed E-state index contributed by atoms with van der Waals surface area (Å²) in [5, 5.41) is 4.47. The second kappa shape index (κ2) is 11.6. The molecule has 2 atom stereocenters. The van der Waals surface area contributed by atoms with E-state index in [2.05, 4.69) is 15.3 Å². The minimum Gasteiger partial charge on any atom is -0.443 e. The Hall–Kier alpha value is -2.76. The average Bonchev–Trinajstić information content (AvgIpc) is 3.50. The fourth-order valence-corrected chi connectivity index (χ4v) is 8.89. The number of nitrogens with one attached hydrogen (secondary N) is 3. The van der Waals surface area contributed by atoms with Crippen LogP contribution in [0.2, 0.25) is 5.02 Å². The predicted octanol–water partition coefficient (Wildman–Crippen LogP) is 2.68. The van der Waals surface area contributed by atoms with E-state index in [1.807, 2.05) is 11.6 Å². The number of thiazole rings is 1. The maximum absolute atomic E-state index is 13.7. The zero-order chi connectivity index (χ0) is 31.3. The first-order valence-electron chi connectivity index (χ1n) is 13.6. The molecule has 4 heterocycles. The lowest BCUT2D eigenvalue weighted by atomic mass is 10.1. The third-order valence-corrected chi connectivity index (χ3v) is 11.4. The number of rotatable bonds is 6. The number of piperazine rings is 1. The largest absolute Gasteiger partial charge is 0.443 e. The van der Waals surface area contributed by atoms with Crippen LogP contribution in [-0.2, 0) is 37.7 Å². The van der Waals surface area contributed by atoms with Crippen molar-refractivity contribution in [3.8, 4) is 0 Å². The Bertz CT molecular complexity index is 1780. The van der Waals surface area contributed by atoms with Crippen molar-refractivity contribution in [2.45, 2.75) is 63.4 Å². The van der Waals surface area contributed by atoms with Crippen LogP contribution in [0.1, 0.15) is 48.1 Å². The quantitative estimate of drug-likeness (QED) is 0.356. The minimum atomic E-state index is -4.36. The first-order valence-corrected chi connectivity index (χ1v) is 17.8. The molecular formula is C26H33ClN6O7S3. The SMILES string of the molecule is CC1Cc2nc(C(=O)N3CCN(S(=O)(=O)c4cc5cc(Cl)ccc5[nH]4)CC3CS(=O)(=O)NC(=O)OC(C)(C)C)sc2CN1. The van der Waals surface area contributed by atoms with Crippen molar-refractivity contribution in [2.75, 3.05) is 25.4 Å². The fourth-order valence-electron chi connectivity index (χ4n) is 5.06. The molecule has 0 radical (unpaired) electrons. The van der Waals surface area contributed by atoms with Crippen LogP contribution < -0.4 is 10.0 Å². The topological polar surface area (TPSA) is 171 Å². The van der Waals surface area contributed by atoms with Gasteiger partial charge in [0.05, 0.1) is 17.5 Å². The van der Waals surface area contributed by atoms with Crippen LogP contribution in [0.5, 0.6) is 0 Å². The highest BCUT2D eigenvalue weighted by atomic mass is 35.5. The van der Waals surface area contributed by atoms with Gasteiger partial charge in [-0.25, -0.2) is 31.3 Å². The van der Waals surface area contributed by atoms with Crippen molar-refractivity contribution < 1.29 is 31.2 Å². The number of aromatic nitrogens is 2. The standard InChI is InChI=1S/C26H33ClN6O7S3/c1-15-9-20-21(12-28-15)41-23(30-20)24(34)33-8-7-32(13-18(33)14-42(36,37)31-25(35)40-26(2,3)4)43(38,39)22-11-16-10-17(27)5-6-19(16)29-22/h5-6,10-11,15,18,28-29H,7-9,12-14H2,1-4H3,(H,31,35). The Kier molecular flexibility index (Phi) is 8.56. The number of carbonyl (C=O) groups is 2. The highest BCUT2D eigenvalue weighted by Gasteiger charge is 2.41. The first-order chi connectivity index (χ1) is 20.0. The number of halogens is 1. The van der Waals surface area contributed by atoms with E-state index < -0.39 is 49.4 Å². The lowest BCUT2D eigenvalue weighted by Gasteiger charge is -2.40. The van der Waals surface area contributed by atoms with Gasteiger partial charge in [0.15, 0.2) is 5.01 Å². The van der Waals surface area contributed by atoms with Gasteiger partial charge in [0.2, 0.25) is 10.0 Å². The first kappa shape index (κ1) is 31.7. The number of aromatic amines is 1. The van der Waals surface area contributed by atoms with Gasteiger partial charge >= 0.3 is 6.09 Å². The van der Waals surface area contributed by atoms with Crippen LogP contribution in [0.3, 0.4) is 0 Å². The second-order valence-electron chi connectivity index (χ2n) is 11.6. The Morgan fingerprint density at radius 2 is 1.93 bits per heavy atom. The van der Waals surface area contributed by atoms with E-state index in [9.17, 15) is 26.4 Å². The molecule has 17 heteroatoms. The van der Waals surface area contributed by atoms with Gasteiger partial charge in [-0.1, -0.05) is 11.6 Å². The molecule has 0 aliphatic carbocycles. The molecule has 2 unspecified atom stereocenters. The van der Waals surface area contributed by atoms with E-state index in [0.29, 0.717) is 28.9 Å². The van der Waals surface area contributed by atoms with E-state index in [0.717, 1.165) is 14.9 Å². The number of hydrogen-bond acceptors (Lipinski definition) is 10. The molecule has 1 saturated heterocycles. The third-order valence-electron chi connectivity index (χ3n) is 7.00. The van der Waals surface area contributed by atoms with Gasteiger partial charge in [-0.15, -0.1) is 11.3 Å². The Morgan fingerprint density at radius 3 is 2.65 bits per heavy atom. The number of fused-ring (bicyclic) bond motifs is 2. The molecule has 3 N–H and O–H groups in total. The Labute approximate surface area is 259 Å².